The van der Waals surface area contributed by atoms with Crippen molar-refractivity contribution in [3.8, 4) is 0 Å². The lowest BCUT2D eigenvalue weighted by atomic mass is 10.1. The summed E-state index contributed by atoms with van der Waals surface area (Å²) < 4.78 is 11.5. The van der Waals surface area contributed by atoms with Gasteiger partial charge in [0, 0.05) is 22.6 Å². The minimum Gasteiger partial charge on any atom is -0.381 e. The smallest absolute Gasteiger partial charge is 0.189 e. The van der Waals surface area contributed by atoms with E-state index in [4.69, 9.17) is 9.47 Å². The Morgan fingerprint density at radius 1 is 1.47 bits per heavy atom. The molecule has 1 saturated heterocycles. The molecule has 0 aromatic heterocycles. The fourth-order valence-electron chi connectivity index (χ4n) is 1.80. The van der Waals surface area contributed by atoms with Gasteiger partial charge in [-0.05, 0) is 12.5 Å². The Bertz CT molecular complexity index is 386. The molecule has 0 N–H and O–H groups in total. The molecule has 0 amide bonds. The van der Waals surface area contributed by atoms with Crippen molar-refractivity contribution in [3.05, 3.63) is 34.3 Å². The molecule has 2 rings (SSSR count). The third kappa shape index (κ3) is 3.63. The third-order valence-corrected chi connectivity index (χ3v) is 3.48. The van der Waals surface area contributed by atoms with Crippen LogP contribution in [0.1, 0.15) is 16.8 Å². The molecule has 4 heteroatoms. The van der Waals surface area contributed by atoms with Crippen LogP contribution in [0.25, 0.3) is 0 Å². The van der Waals surface area contributed by atoms with Crippen LogP contribution in [-0.2, 0) is 9.47 Å². The number of ether oxygens (including phenoxy) is 2. The molecule has 0 bridgehead atoms. The first-order chi connectivity index (χ1) is 8.27. The number of benzene rings is 1. The van der Waals surface area contributed by atoms with E-state index in [1.54, 1.807) is 6.07 Å². The number of rotatable bonds is 5. The molecule has 92 valence electrons. The maximum atomic E-state index is 11.9. The summed E-state index contributed by atoms with van der Waals surface area (Å²) in [6.07, 6.45) is 1.03. The fraction of sp³-hybridized carbons (Fsp3) is 0.462. The molecule has 1 aromatic rings. The number of hydrogen-bond donors (Lipinski definition) is 0. The summed E-state index contributed by atoms with van der Waals surface area (Å²) in [5.41, 5.74) is 0.676. The molecule has 17 heavy (non-hydrogen) atoms. The van der Waals surface area contributed by atoms with Gasteiger partial charge in [0.05, 0.1) is 13.2 Å². The van der Waals surface area contributed by atoms with Crippen molar-refractivity contribution in [2.45, 2.75) is 6.42 Å². The van der Waals surface area contributed by atoms with Crippen LogP contribution in [0, 0.1) is 5.92 Å². The molecule has 1 aliphatic heterocycles. The number of hydrogen-bond acceptors (Lipinski definition) is 3. The highest BCUT2D eigenvalue weighted by atomic mass is 79.9. The van der Waals surface area contributed by atoms with Gasteiger partial charge in [-0.2, -0.15) is 0 Å². The Hall–Kier alpha value is -0.710. The molecular weight excluding hydrogens is 284 g/mol. The van der Waals surface area contributed by atoms with Crippen molar-refractivity contribution in [1.29, 1.82) is 0 Å². The standard InChI is InChI=1S/C13H15BrO3/c14-12-4-2-1-3-11(12)13(15)9-17-8-10-5-6-16-7-10/h1-4,10H,5-9H2. The molecule has 0 spiro atoms. The van der Waals surface area contributed by atoms with Crippen LogP contribution in [0.2, 0.25) is 0 Å². The third-order valence-electron chi connectivity index (χ3n) is 2.78. The minimum atomic E-state index is 0.0105. The van der Waals surface area contributed by atoms with Gasteiger partial charge >= 0.3 is 0 Å². The number of Topliss-reactive ketones (excluding diaryl/α,β-unsaturated/α-hetero) is 1. The second-order valence-corrected chi connectivity index (χ2v) is 5.00. The van der Waals surface area contributed by atoms with Crippen LogP contribution >= 0.6 is 15.9 Å². The van der Waals surface area contributed by atoms with Crippen molar-refractivity contribution < 1.29 is 14.3 Å². The first-order valence-corrected chi connectivity index (χ1v) is 6.50. The molecule has 0 radical (unpaired) electrons. The number of carbonyl (C=O) groups excluding carboxylic acids is 1. The number of carbonyl (C=O) groups is 1. The Morgan fingerprint density at radius 2 is 2.29 bits per heavy atom. The van der Waals surface area contributed by atoms with Gasteiger partial charge in [-0.1, -0.05) is 34.1 Å². The minimum absolute atomic E-state index is 0.0105. The maximum Gasteiger partial charge on any atom is 0.189 e. The Morgan fingerprint density at radius 3 is 3.00 bits per heavy atom. The largest absolute Gasteiger partial charge is 0.381 e. The number of halogens is 1. The molecule has 1 heterocycles. The summed E-state index contributed by atoms with van der Waals surface area (Å²) in [6.45, 7) is 2.31. The summed E-state index contributed by atoms with van der Waals surface area (Å²) in [4.78, 5) is 11.9. The van der Waals surface area contributed by atoms with Crippen molar-refractivity contribution in [2.75, 3.05) is 26.4 Å². The Labute approximate surface area is 109 Å². The lowest BCUT2D eigenvalue weighted by Gasteiger charge is -2.08. The van der Waals surface area contributed by atoms with Gasteiger partial charge in [0.15, 0.2) is 5.78 Å². The monoisotopic (exact) mass is 298 g/mol. The van der Waals surface area contributed by atoms with Crippen molar-refractivity contribution in [3.63, 3.8) is 0 Å². The number of ketones is 1. The van der Waals surface area contributed by atoms with E-state index >= 15 is 0 Å². The van der Waals surface area contributed by atoms with E-state index in [2.05, 4.69) is 15.9 Å². The van der Waals surface area contributed by atoms with Gasteiger partial charge in [-0.15, -0.1) is 0 Å². The highest BCUT2D eigenvalue weighted by Gasteiger charge is 2.16. The quantitative estimate of drug-likeness (QED) is 0.784. The lowest BCUT2D eigenvalue weighted by Crippen LogP contribution is -2.15. The van der Waals surface area contributed by atoms with Gasteiger partial charge in [0.1, 0.15) is 6.61 Å². The summed E-state index contributed by atoms with van der Waals surface area (Å²) >= 11 is 3.36. The molecular formula is C13H15BrO3. The van der Waals surface area contributed by atoms with Crippen LogP contribution in [0.5, 0.6) is 0 Å². The normalized spacial score (nSPS) is 19.5. The highest BCUT2D eigenvalue weighted by Crippen LogP contribution is 2.17. The van der Waals surface area contributed by atoms with Crippen LogP contribution in [0.4, 0.5) is 0 Å². The maximum absolute atomic E-state index is 11.9. The van der Waals surface area contributed by atoms with Crippen LogP contribution in [0.3, 0.4) is 0 Å². The van der Waals surface area contributed by atoms with Crippen molar-refractivity contribution >= 4 is 21.7 Å². The molecule has 1 aliphatic rings. The zero-order valence-electron chi connectivity index (χ0n) is 9.52. The fourth-order valence-corrected chi connectivity index (χ4v) is 2.30. The van der Waals surface area contributed by atoms with E-state index in [1.807, 2.05) is 18.2 Å². The average Bonchev–Trinajstić information content (AvgIpc) is 2.82. The van der Waals surface area contributed by atoms with Gasteiger partial charge in [0.2, 0.25) is 0 Å². The average molecular weight is 299 g/mol. The van der Waals surface area contributed by atoms with E-state index in [9.17, 15) is 4.79 Å². The Kier molecular flexibility index (Phi) is 4.71. The van der Waals surface area contributed by atoms with Crippen LogP contribution in [-0.4, -0.2) is 32.2 Å². The van der Waals surface area contributed by atoms with Gasteiger partial charge in [0.25, 0.3) is 0 Å². The zero-order chi connectivity index (χ0) is 12.1. The van der Waals surface area contributed by atoms with Crippen LogP contribution < -0.4 is 0 Å². The van der Waals surface area contributed by atoms with Gasteiger partial charge in [-0.25, -0.2) is 0 Å². The predicted molar refractivity (Wildman–Crippen MR) is 68.2 cm³/mol. The highest BCUT2D eigenvalue weighted by molar-refractivity contribution is 9.10. The van der Waals surface area contributed by atoms with Crippen molar-refractivity contribution in [2.24, 2.45) is 5.92 Å². The van der Waals surface area contributed by atoms with Crippen LogP contribution in [0.15, 0.2) is 28.7 Å². The van der Waals surface area contributed by atoms with E-state index in [1.165, 1.54) is 0 Å². The summed E-state index contributed by atoms with van der Waals surface area (Å²) in [6, 6.07) is 7.40. The summed E-state index contributed by atoms with van der Waals surface area (Å²) in [7, 11) is 0. The van der Waals surface area contributed by atoms with E-state index in [0.29, 0.717) is 18.1 Å². The van der Waals surface area contributed by atoms with E-state index < -0.39 is 0 Å². The lowest BCUT2D eigenvalue weighted by molar-refractivity contribution is 0.0651. The first kappa shape index (κ1) is 12.7. The molecule has 1 aromatic carbocycles. The summed E-state index contributed by atoms with van der Waals surface area (Å²) in [5.74, 6) is 0.457. The SMILES string of the molecule is O=C(COCC1CCOC1)c1ccccc1Br. The van der Waals surface area contributed by atoms with Gasteiger partial charge in [-0.3, -0.25) is 4.79 Å². The van der Waals surface area contributed by atoms with E-state index in [0.717, 1.165) is 24.1 Å². The Balaban J connectivity index is 1.79. The van der Waals surface area contributed by atoms with E-state index in [-0.39, 0.29) is 12.4 Å². The molecule has 1 unspecified atom stereocenters. The second kappa shape index (κ2) is 6.28. The predicted octanol–water partition coefficient (Wildman–Crippen LogP) is 2.68. The molecule has 0 aliphatic carbocycles. The molecule has 1 atom stereocenters. The second-order valence-electron chi connectivity index (χ2n) is 4.15. The first-order valence-electron chi connectivity index (χ1n) is 5.70. The van der Waals surface area contributed by atoms with Gasteiger partial charge < -0.3 is 9.47 Å². The molecule has 3 nitrogen and oxygen atoms in total. The summed E-state index contributed by atoms with van der Waals surface area (Å²) in [5, 5.41) is 0. The molecule has 0 saturated carbocycles. The zero-order valence-corrected chi connectivity index (χ0v) is 11.1. The topological polar surface area (TPSA) is 35.5 Å². The molecule has 1 fully saturated rings. The van der Waals surface area contributed by atoms with Crippen molar-refractivity contribution in [1.82, 2.24) is 0 Å².